The highest BCUT2D eigenvalue weighted by Gasteiger charge is 2.07. The number of nitrogens with one attached hydrogen (secondary N) is 1. The summed E-state index contributed by atoms with van der Waals surface area (Å²) in [7, 11) is 1.78. The van der Waals surface area contributed by atoms with Gasteiger partial charge >= 0.3 is 0 Å². The van der Waals surface area contributed by atoms with Crippen LogP contribution in [0.3, 0.4) is 0 Å². The van der Waals surface area contributed by atoms with Crippen LogP contribution < -0.4 is 10.1 Å². The van der Waals surface area contributed by atoms with Crippen molar-refractivity contribution in [3.05, 3.63) is 40.1 Å². The lowest BCUT2D eigenvalue weighted by molar-refractivity contribution is 0.460. The predicted octanol–water partition coefficient (Wildman–Crippen LogP) is 3.93. The minimum atomic E-state index is 0.427. The summed E-state index contributed by atoms with van der Waals surface area (Å²) < 4.78 is 5.61. The fourth-order valence-corrected chi connectivity index (χ4v) is 1.84. The van der Waals surface area contributed by atoms with Gasteiger partial charge in [0.2, 0.25) is 5.88 Å². The number of rotatable bonds is 3. The second kappa shape index (κ2) is 5.42. The Morgan fingerprint density at radius 1 is 1.17 bits per heavy atom. The highest BCUT2D eigenvalue weighted by molar-refractivity contribution is 6.35. The van der Waals surface area contributed by atoms with Crippen LogP contribution in [0.15, 0.2) is 24.3 Å². The van der Waals surface area contributed by atoms with Gasteiger partial charge in [0, 0.05) is 18.1 Å². The summed E-state index contributed by atoms with van der Waals surface area (Å²) in [6.07, 6.45) is 0. The lowest BCUT2D eigenvalue weighted by Gasteiger charge is -2.08. The number of anilines is 1. The van der Waals surface area contributed by atoms with Gasteiger partial charge in [0.25, 0.3) is 0 Å². The molecular formula is C12H11Cl2N3O. The number of nitrogens with zero attached hydrogens (tertiary/aromatic N) is 2. The molecule has 0 amide bonds. The predicted molar refractivity (Wildman–Crippen MR) is 72.9 cm³/mol. The maximum atomic E-state index is 6.02. The molecule has 0 unspecified atom stereocenters. The summed E-state index contributed by atoms with van der Waals surface area (Å²) in [5.74, 6) is 2.22. The van der Waals surface area contributed by atoms with Crippen LogP contribution in [0.5, 0.6) is 11.6 Å². The Balaban J connectivity index is 2.30. The summed E-state index contributed by atoms with van der Waals surface area (Å²) in [5.41, 5.74) is 0. The van der Waals surface area contributed by atoms with E-state index in [2.05, 4.69) is 15.3 Å². The van der Waals surface area contributed by atoms with Gasteiger partial charge in [-0.15, -0.1) is 0 Å². The van der Waals surface area contributed by atoms with Crippen LogP contribution >= 0.6 is 23.2 Å². The molecule has 1 aromatic heterocycles. The van der Waals surface area contributed by atoms with Crippen molar-refractivity contribution < 1.29 is 4.74 Å². The van der Waals surface area contributed by atoms with Crippen molar-refractivity contribution in [2.45, 2.75) is 6.92 Å². The molecule has 0 saturated heterocycles. The van der Waals surface area contributed by atoms with Gasteiger partial charge in [-0.05, 0) is 25.1 Å². The zero-order valence-electron chi connectivity index (χ0n) is 9.87. The Bertz CT molecular complexity index is 575. The first-order chi connectivity index (χ1) is 8.58. The van der Waals surface area contributed by atoms with Crippen LogP contribution in [0, 0.1) is 6.92 Å². The van der Waals surface area contributed by atoms with Gasteiger partial charge in [-0.3, -0.25) is 0 Å². The highest BCUT2D eigenvalue weighted by atomic mass is 35.5. The Labute approximate surface area is 115 Å². The summed E-state index contributed by atoms with van der Waals surface area (Å²) in [5, 5.41) is 3.92. The molecule has 1 heterocycles. The van der Waals surface area contributed by atoms with E-state index in [-0.39, 0.29) is 0 Å². The third-order valence-electron chi connectivity index (χ3n) is 2.18. The second-order valence-electron chi connectivity index (χ2n) is 3.57. The molecule has 2 rings (SSSR count). The number of aryl methyl sites for hydroxylation is 1. The number of hydrogen-bond acceptors (Lipinski definition) is 4. The highest BCUT2D eigenvalue weighted by Crippen LogP contribution is 2.31. The van der Waals surface area contributed by atoms with E-state index < -0.39 is 0 Å². The van der Waals surface area contributed by atoms with Crippen molar-refractivity contribution in [3.63, 3.8) is 0 Å². The van der Waals surface area contributed by atoms with Crippen molar-refractivity contribution in [2.75, 3.05) is 12.4 Å². The molecule has 0 aliphatic carbocycles. The minimum Gasteiger partial charge on any atom is -0.437 e. The molecule has 0 atom stereocenters. The average molecular weight is 284 g/mol. The van der Waals surface area contributed by atoms with Gasteiger partial charge in [-0.2, -0.15) is 4.98 Å². The topological polar surface area (TPSA) is 47.0 Å². The first-order valence-electron chi connectivity index (χ1n) is 5.25. The van der Waals surface area contributed by atoms with Crippen molar-refractivity contribution in [1.29, 1.82) is 0 Å². The van der Waals surface area contributed by atoms with E-state index in [0.717, 1.165) is 0 Å². The molecule has 0 spiro atoms. The third-order valence-corrected chi connectivity index (χ3v) is 2.71. The zero-order chi connectivity index (χ0) is 13.1. The molecule has 4 nitrogen and oxygen atoms in total. The number of aromatic nitrogens is 2. The van der Waals surface area contributed by atoms with Crippen LogP contribution in [-0.4, -0.2) is 17.0 Å². The van der Waals surface area contributed by atoms with Crippen molar-refractivity contribution in [1.82, 2.24) is 9.97 Å². The van der Waals surface area contributed by atoms with E-state index >= 15 is 0 Å². The molecule has 2 aromatic rings. The second-order valence-corrected chi connectivity index (χ2v) is 4.41. The molecule has 1 aromatic carbocycles. The van der Waals surface area contributed by atoms with Crippen molar-refractivity contribution in [2.24, 2.45) is 0 Å². The van der Waals surface area contributed by atoms with Gasteiger partial charge in [0.1, 0.15) is 17.4 Å². The van der Waals surface area contributed by atoms with Gasteiger partial charge in [0.15, 0.2) is 0 Å². The maximum absolute atomic E-state index is 6.02. The molecule has 0 aliphatic rings. The Morgan fingerprint density at radius 3 is 2.61 bits per heavy atom. The monoisotopic (exact) mass is 283 g/mol. The Kier molecular flexibility index (Phi) is 3.89. The van der Waals surface area contributed by atoms with E-state index in [1.807, 2.05) is 0 Å². The van der Waals surface area contributed by atoms with E-state index in [9.17, 15) is 0 Å². The van der Waals surface area contributed by atoms with E-state index in [4.69, 9.17) is 27.9 Å². The first kappa shape index (κ1) is 12.9. The number of hydrogen-bond donors (Lipinski definition) is 1. The van der Waals surface area contributed by atoms with E-state index in [1.165, 1.54) is 0 Å². The lowest BCUT2D eigenvalue weighted by atomic mass is 10.3. The van der Waals surface area contributed by atoms with Gasteiger partial charge in [-0.1, -0.05) is 23.2 Å². The van der Waals surface area contributed by atoms with Gasteiger partial charge in [0.05, 0.1) is 5.02 Å². The first-order valence-corrected chi connectivity index (χ1v) is 6.00. The largest absolute Gasteiger partial charge is 0.437 e. The van der Waals surface area contributed by atoms with Crippen LogP contribution in [0.1, 0.15) is 5.82 Å². The van der Waals surface area contributed by atoms with Crippen molar-refractivity contribution >= 4 is 29.0 Å². The Morgan fingerprint density at radius 2 is 1.94 bits per heavy atom. The lowest BCUT2D eigenvalue weighted by Crippen LogP contribution is -1.98. The fourth-order valence-electron chi connectivity index (χ4n) is 1.39. The summed E-state index contributed by atoms with van der Waals surface area (Å²) in [6.45, 7) is 1.79. The zero-order valence-corrected chi connectivity index (χ0v) is 11.4. The molecule has 0 saturated carbocycles. The normalized spacial score (nSPS) is 10.2. The molecule has 0 aliphatic heterocycles. The molecular weight excluding hydrogens is 273 g/mol. The van der Waals surface area contributed by atoms with Crippen LogP contribution in [0.25, 0.3) is 0 Å². The molecule has 1 N–H and O–H groups in total. The molecule has 0 fully saturated rings. The van der Waals surface area contributed by atoms with Gasteiger partial charge in [-0.25, -0.2) is 4.98 Å². The summed E-state index contributed by atoms with van der Waals surface area (Å²) >= 11 is 11.8. The molecule has 6 heteroatoms. The number of benzene rings is 1. The Hall–Kier alpha value is -1.52. The molecule has 94 valence electrons. The molecule has 0 radical (unpaired) electrons. The molecule has 0 bridgehead atoms. The third kappa shape index (κ3) is 3.03. The maximum Gasteiger partial charge on any atom is 0.224 e. The standard InChI is InChI=1S/C12H11Cl2N3O/c1-7-16-11(15-2)6-12(17-7)18-10-4-3-8(13)5-9(10)14/h3-6H,1-2H3,(H,15,16,17). The van der Waals surface area contributed by atoms with Crippen LogP contribution in [0.2, 0.25) is 10.0 Å². The van der Waals surface area contributed by atoms with Gasteiger partial charge < -0.3 is 10.1 Å². The molecule has 18 heavy (non-hydrogen) atoms. The quantitative estimate of drug-likeness (QED) is 0.927. The van der Waals surface area contributed by atoms with Crippen LogP contribution in [-0.2, 0) is 0 Å². The smallest absolute Gasteiger partial charge is 0.224 e. The summed E-state index contributed by atoms with van der Waals surface area (Å²) in [6, 6.07) is 6.71. The number of ether oxygens (including phenoxy) is 1. The SMILES string of the molecule is CNc1cc(Oc2ccc(Cl)cc2Cl)nc(C)n1. The van der Waals surface area contributed by atoms with Crippen LogP contribution in [0.4, 0.5) is 5.82 Å². The fraction of sp³-hybridized carbons (Fsp3) is 0.167. The van der Waals surface area contributed by atoms with E-state index in [0.29, 0.717) is 33.3 Å². The number of halogens is 2. The average Bonchev–Trinajstić information content (AvgIpc) is 2.32. The van der Waals surface area contributed by atoms with E-state index in [1.54, 1.807) is 38.2 Å². The summed E-state index contributed by atoms with van der Waals surface area (Å²) in [4.78, 5) is 8.35. The minimum absolute atomic E-state index is 0.427. The van der Waals surface area contributed by atoms with Crippen molar-refractivity contribution in [3.8, 4) is 11.6 Å².